The van der Waals surface area contributed by atoms with Crippen LogP contribution in [0, 0.1) is 0 Å². The van der Waals surface area contributed by atoms with E-state index in [1.165, 1.54) is 14.2 Å². The normalized spacial score (nSPS) is 11.4. The number of carbonyl (C=O) groups excluding carboxylic acids is 2. The predicted octanol–water partition coefficient (Wildman–Crippen LogP) is -0.367. The average molecular weight is 354 g/mol. The van der Waals surface area contributed by atoms with Crippen LogP contribution in [0.2, 0.25) is 0 Å². The molecule has 1 N–H and O–H groups in total. The SMILES string of the molecule is COC(=O)CSc1nnc(NC(=O)CN(C)S(C)(=O)=O)s1. The van der Waals surface area contributed by atoms with E-state index < -0.39 is 21.9 Å². The Bertz CT molecular complexity index is 615. The number of rotatable bonds is 7. The van der Waals surface area contributed by atoms with Gasteiger partial charge in [0, 0.05) is 7.05 Å². The Balaban J connectivity index is 2.51. The quantitative estimate of drug-likeness (QED) is 0.400. The highest BCUT2D eigenvalue weighted by molar-refractivity contribution is 8.01. The van der Waals surface area contributed by atoms with Crippen LogP contribution < -0.4 is 5.32 Å². The summed E-state index contributed by atoms with van der Waals surface area (Å²) >= 11 is 2.21. The van der Waals surface area contributed by atoms with Crippen LogP contribution in [0.1, 0.15) is 0 Å². The molecule has 0 radical (unpaired) electrons. The molecule has 1 rings (SSSR count). The summed E-state index contributed by atoms with van der Waals surface area (Å²) in [5.41, 5.74) is 0. The average Bonchev–Trinajstić information content (AvgIpc) is 2.82. The van der Waals surface area contributed by atoms with Gasteiger partial charge in [-0.15, -0.1) is 10.2 Å². The van der Waals surface area contributed by atoms with Gasteiger partial charge in [0.25, 0.3) is 0 Å². The fourth-order valence-electron chi connectivity index (χ4n) is 0.976. The Morgan fingerprint density at radius 1 is 1.43 bits per heavy atom. The van der Waals surface area contributed by atoms with Gasteiger partial charge in [-0.2, -0.15) is 4.31 Å². The summed E-state index contributed by atoms with van der Waals surface area (Å²) in [6.07, 6.45) is 1.01. The van der Waals surface area contributed by atoms with Gasteiger partial charge in [-0.05, 0) is 0 Å². The molecule has 1 aromatic heterocycles. The predicted molar refractivity (Wildman–Crippen MR) is 78.8 cm³/mol. The van der Waals surface area contributed by atoms with Crippen molar-refractivity contribution in [3.63, 3.8) is 0 Å². The van der Waals surface area contributed by atoms with E-state index in [0.29, 0.717) is 4.34 Å². The van der Waals surface area contributed by atoms with E-state index in [9.17, 15) is 18.0 Å². The molecule has 0 spiro atoms. The van der Waals surface area contributed by atoms with E-state index in [-0.39, 0.29) is 17.4 Å². The zero-order valence-electron chi connectivity index (χ0n) is 11.5. The van der Waals surface area contributed by atoms with Crippen LogP contribution in [0.15, 0.2) is 4.34 Å². The van der Waals surface area contributed by atoms with Gasteiger partial charge < -0.3 is 4.74 Å². The number of likely N-dealkylation sites (N-methyl/N-ethyl adjacent to an activating group) is 1. The van der Waals surface area contributed by atoms with Crippen LogP contribution in [0.5, 0.6) is 0 Å². The van der Waals surface area contributed by atoms with Crippen LogP contribution in [0.25, 0.3) is 0 Å². The lowest BCUT2D eigenvalue weighted by atomic mass is 10.6. The number of esters is 1. The van der Waals surface area contributed by atoms with E-state index >= 15 is 0 Å². The number of carbonyl (C=O) groups is 2. The monoisotopic (exact) mass is 354 g/mol. The maximum Gasteiger partial charge on any atom is 0.316 e. The van der Waals surface area contributed by atoms with Gasteiger partial charge in [0.1, 0.15) is 0 Å². The molecule has 0 atom stereocenters. The van der Waals surface area contributed by atoms with Gasteiger partial charge in [-0.25, -0.2) is 8.42 Å². The fourth-order valence-corrected chi connectivity index (χ4v) is 2.93. The van der Waals surface area contributed by atoms with Gasteiger partial charge >= 0.3 is 5.97 Å². The lowest BCUT2D eigenvalue weighted by molar-refractivity contribution is -0.137. The molecule has 0 fully saturated rings. The number of ether oxygens (including phenoxy) is 1. The van der Waals surface area contributed by atoms with Crippen LogP contribution >= 0.6 is 23.1 Å². The van der Waals surface area contributed by atoms with Crippen molar-refractivity contribution in [1.82, 2.24) is 14.5 Å². The zero-order valence-corrected chi connectivity index (χ0v) is 14.0. The van der Waals surface area contributed by atoms with Gasteiger partial charge in [-0.3, -0.25) is 14.9 Å². The molecule has 1 amide bonds. The Hall–Kier alpha value is -1.24. The van der Waals surface area contributed by atoms with Crippen molar-refractivity contribution in [3.8, 4) is 0 Å². The molecule has 0 saturated carbocycles. The van der Waals surface area contributed by atoms with Crippen LogP contribution in [0.4, 0.5) is 5.13 Å². The maximum atomic E-state index is 11.6. The van der Waals surface area contributed by atoms with Crippen LogP contribution in [-0.4, -0.2) is 67.5 Å². The third-order valence-corrected chi connectivity index (χ3v) is 5.33. The minimum Gasteiger partial charge on any atom is -0.468 e. The highest BCUT2D eigenvalue weighted by Crippen LogP contribution is 2.25. The van der Waals surface area contributed by atoms with Gasteiger partial charge in [0.2, 0.25) is 21.1 Å². The van der Waals surface area contributed by atoms with Gasteiger partial charge in [-0.1, -0.05) is 23.1 Å². The number of hydrogen-bond donors (Lipinski definition) is 1. The second kappa shape index (κ2) is 7.68. The number of thioether (sulfide) groups is 1. The molecule has 0 saturated heterocycles. The van der Waals surface area contributed by atoms with Crippen molar-refractivity contribution in [3.05, 3.63) is 0 Å². The molecule has 0 unspecified atom stereocenters. The second-order valence-corrected chi connectivity index (χ2v) is 8.09. The number of nitrogens with zero attached hydrogens (tertiary/aromatic N) is 3. The Kier molecular flexibility index (Phi) is 6.51. The molecule has 1 heterocycles. The molecule has 0 aliphatic rings. The van der Waals surface area contributed by atoms with Crippen molar-refractivity contribution < 1.29 is 22.7 Å². The smallest absolute Gasteiger partial charge is 0.316 e. The molecule has 9 nitrogen and oxygen atoms in total. The number of aromatic nitrogens is 2. The molecule has 21 heavy (non-hydrogen) atoms. The summed E-state index contributed by atoms with van der Waals surface area (Å²) < 4.78 is 28.2. The maximum absolute atomic E-state index is 11.6. The van der Waals surface area contributed by atoms with Gasteiger partial charge in [0.05, 0.1) is 25.7 Å². The highest BCUT2D eigenvalue weighted by atomic mass is 32.2. The van der Waals surface area contributed by atoms with E-state index in [2.05, 4.69) is 20.3 Å². The fraction of sp³-hybridized carbons (Fsp3) is 0.556. The Morgan fingerprint density at radius 3 is 2.67 bits per heavy atom. The summed E-state index contributed by atoms with van der Waals surface area (Å²) in [6.45, 7) is -0.316. The van der Waals surface area contributed by atoms with Crippen molar-refractivity contribution in [2.24, 2.45) is 0 Å². The van der Waals surface area contributed by atoms with E-state index in [0.717, 1.165) is 33.7 Å². The van der Waals surface area contributed by atoms with Crippen molar-refractivity contribution in [2.75, 3.05) is 38.0 Å². The molecule has 118 valence electrons. The number of amides is 1. The number of methoxy groups -OCH3 is 1. The first kappa shape index (κ1) is 17.8. The van der Waals surface area contributed by atoms with Gasteiger partial charge in [0.15, 0.2) is 4.34 Å². The largest absolute Gasteiger partial charge is 0.468 e. The van der Waals surface area contributed by atoms with Crippen molar-refractivity contribution >= 4 is 50.1 Å². The van der Waals surface area contributed by atoms with Crippen molar-refractivity contribution in [2.45, 2.75) is 4.34 Å². The van der Waals surface area contributed by atoms with Crippen LogP contribution in [0.3, 0.4) is 0 Å². The summed E-state index contributed by atoms with van der Waals surface area (Å²) in [6, 6.07) is 0. The first-order chi connectivity index (χ1) is 9.72. The number of anilines is 1. The summed E-state index contributed by atoms with van der Waals surface area (Å²) in [5.74, 6) is -0.824. The third-order valence-electron chi connectivity index (χ3n) is 2.13. The second-order valence-electron chi connectivity index (χ2n) is 3.81. The Morgan fingerprint density at radius 2 is 2.10 bits per heavy atom. The minimum absolute atomic E-state index is 0.0932. The topological polar surface area (TPSA) is 119 Å². The first-order valence-electron chi connectivity index (χ1n) is 5.46. The molecular weight excluding hydrogens is 340 g/mol. The molecule has 12 heteroatoms. The number of hydrogen-bond acceptors (Lipinski definition) is 9. The standard InChI is InChI=1S/C9H14N4O5S3/c1-13(21(3,16)17)4-6(14)10-8-11-12-9(20-8)19-5-7(15)18-2/h4-5H2,1-3H3,(H,10,11,14). The van der Waals surface area contributed by atoms with E-state index in [1.807, 2.05) is 0 Å². The molecular formula is C9H14N4O5S3. The summed E-state index contributed by atoms with van der Waals surface area (Å²) in [7, 11) is -0.839. The number of nitrogens with one attached hydrogen (secondary N) is 1. The zero-order chi connectivity index (χ0) is 16.0. The minimum atomic E-state index is -3.42. The van der Waals surface area contributed by atoms with Crippen LogP contribution in [-0.2, 0) is 24.3 Å². The third kappa shape index (κ3) is 6.37. The van der Waals surface area contributed by atoms with E-state index in [1.54, 1.807) is 0 Å². The lowest BCUT2D eigenvalue weighted by Crippen LogP contribution is -2.34. The summed E-state index contributed by atoms with van der Waals surface area (Å²) in [5, 5.41) is 10.2. The molecule has 0 aromatic carbocycles. The molecule has 0 aliphatic heterocycles. The molecule has 1 aromatic rings. The van der Waals surface area contributed by atoms with Crippen molar-refractivity contribution in [1.29, 1.82) is 0 Å². The Labute approximate surface area is 130 Å². The first-order valence-corrected chi connectivity index (χ1v) is 9.11. The van der Waals surface area contributed by atoms with E-state index in [4.69, 9.17) is 0 Å². The lowest BCUT2D eigenvalue weighted by Gasteiger charge is -2.12. The summed E-state index contributed by atoms with van der Waals surface area (Å²) in [4.78, 5) is 22.6. The number of sulfonamides is 1. The molecule has 0 aliphatic carbocycles. The highest BCUT2D eigenvalue weighted by Gasteiger charge is 2.16. The molecule has 0 bridgehead atoms.